The molecule has 168 valence electrons. The molecule has 0 radical (unpaired) electrons. The van der Waals surface area contributed by atoms with Gasteiger partial charge in [-0.05, 0) is 49.6 Å². The Hall–Kier alpha value is -3.35. The molecule has 32 heavy (non-hydrogen) atoms. The summed E-state index contributed by atoms with van der Waals surface area (Å²) in [6.45, 7) is 4.58. The topological polar surface area (TPSA) is 95.7 Å². The molecule has 2 aromatic carbocycles. The summed E-state index contributed by atoms with van der Waals surface area (Å²) in [6.07, 6.45) is 1.77. The lowest BCUT2D eigenvalue weighted by Gasteiger charge is -2.32. The number of hydrogen-bond donors (Lipinski definition) is 2. The minimum absolute atomic E-state index is 0.0143. The van der Waals surface area contributed by atoms with Crippen LogP contribution in [0.4, 0.5) is 11.4 Å². The highest BCUT2D eigenvalue weighted by molar-refractivity contribution is 5.97. The first-order valence-corrected chi connectivity index (χ1v) is 11.2. The first kappa shape index (κ1) is 21.9. The van der Waals surface area contributed by atoms with Crippen molar-refractivity contribution in [3.05, 3.63) is 59.7 Å². The van der Waals surface area contributed by atoms with E-state index in [0.29, 0.717) is 13.1 Å². The van der Waals surface area contributed by atoms with Crippen LogP contribution in [0.25, 0.3) is 0 Å². The van der Waals surface area contributed by atoms with E-state index in [1.54, 1.807) is 4.90 Å². The van der Waals surface area contributed by atoms with Gasteiger partial charge in [-0.15, -0.1) is 0 Å². The maximum absolute atomic E-state index is 12.7. The number of primary amides is 1. The number of nitrogens with zero attached hydrogens (tertiary/aromatic N) is 2. The van der Waals surface area contributed by atoms with E-state index in [-0.39, 0.29) is 36.0 Å². The highest BCUT2D eigenvalue weighted by atomic mass is 16.2. The van der Waals surface area contributed by atoms with Gasteiger partial charge in [-0.2, -0.15) is 0 Å². The first-order chi connectivity index (χ1) is 15.4. The highest BCUT2D eigenvalue weighted by Gasteiger charge is 2.34. The average Bonchev–Trinajstić information content (AvgIpc) is 3.16. The molecular formula is C25H30N4O3. The van der Waals surface area contributed by atoms with Crippen LogP contribution >= 0.6 is 0 Å². The van der Waals surface area contributed by atoms with Crippen LogP contribution in [-0.2, 0) is 20.9 Å². The smallest absolute Gasteiger partial charge is 0.229 e. The van der Waals surface area contributed by atoms with Crippen LogP contribution < -0.4 is 16.0 Å². The number of nitrogens with one attached hydrogen (secondary N) is 1. The second-order valence-electron chi connectivity index (χ2n) is 8.86. The van der Waals surface area contributed by atoms with Crippen molar-refractivity contribution in [2.24, 2.45) is 17.6 Å². The highest BCUT2D eigenvalue weighted by Crippen LogP contribution is 2.26. The maximum atomic E-state index is 12.7. The van der Waals surface area contributed by atoms with Crippen molar-refractivity contribution in [1.29, 1.82) is 0 Å². The largest absolute Gasteiger partial charge is 0.371 e. The lowest BCUT2D eigenvalue weighted by Crippen LogP contribution is -2.38. The second kappa shape index (κ2) is 9.42. The lowest BCUT2D eigenvalue weighted by molar-refractivity contribution is -0.128. The number of aryl methyl sites for hydroxylation is 1. The third-order valence-electron chi connectivity index (χ3n) is 6.48. The number of anilines is 2. The van der Waals surface area contributed by atoms with E-state index < -0.39 is 0 Å². The molecule has 1 atom stereocenters. The van der Waals surface area contributed by atoms with Gasteiger partial charge in [-0.25, -0.2) is 0 Å². The monoisotopic (exact) mass is 434 g/mol. The molecule has 0 aromatic heterocycles. The number of nitrogens with two attached hydrogens (primary N) is 1. The zero-order valence-electron chi connectivity index (χ0n) is 18.4. The molecule has 3 amide bonds. The Morgan fingerprint density at radius 1 is 1.00 bits per heavy atom. The SMILES string of the molecule is Cc1ccc(CN2CC(C(=O)Nc3ccc(N4CCC(C(N)=O)CC4)cc3)CC2=O)cc1. The van der Waals surface area contributed by atoms with Gasteiger partial charge in [0.25, 0.3) is 0 Å². The summed E-state index contributed by atoms with van der Waals surface area (Å²) in [5, 5.41) is 2.95. The zero-order chi connectivity index (χ0) is 22.7. The minimum Gasteiger partial charge on any atom is -0.371 e. The average molecular weight is 435 g/mol. The van der Waals surface area contributed by atoms with Gasteiger partial charge in [-0.1, -0.05) is 29.8 Å². The van der Waals surface area contributed by atoms with Gasteiger partial charge in [0.05, 0.1) is 5.92 Å². The van der Waals surface area contributed by atoms with Gasteiger partial charge in [-0.3, -0.25) is 14.4 Å². The van der Waals surface area contributed by atoms with Gasteiger partial charge in [0.2, 0.25) is 17.7 Å². The summed E-state index contributed by atoms with van der Waals surface area (Å²) in [4.78, 5) is 40.5. The lowest BCUT2D eigenvalue weighted by atomic mass is 9.96. The number of rotatable bonds is 6. The van der Waals surface area contributed by atoms with E-state index in [9.17, 15) is 14.4 Å². The summed E-state index contributed by atoms with van der Waals surface area (Å²) in [5.74, 6) is -0.712. The van der Waals surface area contributed by atoms with Crippen LogP contribution in [0.2, 0.25) is 0 Å². The molecular weight excluding hydrogens is 404 g/mol. The molecule has 4 rings (SSSR count). The van der Waals surface area contributed by atoms with Crippen molar-refractivity contribution >= 4 is 29.1 Å². The van der Waals surface area contributed by atoms with E-state index in [1.807, 2.05) is 55.5 Å². The predicted octanol–water partition coefficient (Wildman–Crippen LogP) is 2.68. The summed E-state index contributed by atoms with van der Waals surface area (Å²) < 4.78 is 0. The van der Waals surface area contributed by atoms with Crippen LogP contribution in [0, 0.1) is 18.8 Å². The zero-order valence-corrected chi connectivity index (χ0v) is 18.4. The molecule has 7 heteroatoms. The molecule has 0 saturated carbocycles. The summed E-state index contributed by atoms with van der Waals surface area (Å²) >= 11 is 0. The standard InChI is InChI=1S/C25H30N4O3/c1-17-2-4-18(5-3-17)15-29-16-20(14-23(29)30)25(32)27-21-6-8-22(9-7-21)28-12-10-19(11-13-28)24(26)31/h2-9,19-20H,10-16H2,1H3,(H2,26,31)(H,27,32). The fraction of sp³-hybridized carbons (Fsp3) is 0.400. The molecule has 3 N–H and O–H groups in total. The number of carbonyl (C=O) groups is 3. The Bertz CT molecular complexity index is 979. The number of benzene rings is 2. The van der Waals surface area contributed by atoms with Crippen molar-refractivity contribution in [3.8, 4) is 0 Å². The Balaban J connectivity index is 1.30. The second-order valence-corrected chi connectivity index (χ2v) is 8.86. The summed E-state index contributed by atoms with van der Waals surface area (Å²) in [5.41, 5.74) is 9.44. The molecule has 2 fully saturated rings. The van der Waals surface area contributed by atoms with Crippen molar-refractivity contribution < 1.29 is 14.4 Å². The molecule has 0 bridgehead atoms. The molecule has 0 aliphatic carbocycles. The van der Waals surface area contributed by atoms with Crippen molar-refractivity contribution in [2.45, 2.75) is 32.7 Å². The summed E-state index contributed by atoms with van der Waals surface area (Å²) in [7, 11) is 0. The van der Waals surface area contributed by atoms with E-state index in [2.05, 4.69) is 10.2 Å². The van der Waals surface area contributed by atoms with Crippen LogP contribution in [0.1, 0.15) is 30.4 Å². The Kier molecular flexibility index (Phi) is 6.44. The predicted molar refractivity (Wildman–Crippen MR) is 124 cm³/mol. The van der Waals surface area contributed by atoms with Crippen molar-refractivity contribution in [2.75, 3.05) is 29.9 Å². The van der Waals surface area contributed by atoms with E-state index in [1.165, 1.54) is 5.56 Å². The third-order valence-corrected chi connectivity index (χ3v) is 6.48. The Morgan fingerprint density at radius 2 is 1.66 bits per heavy atom. The Labute approximate surface area is 188 Å². The third kappa shape index (κ3) is 5.10. The quantitative estimate of drug-likeness (QED) is 0.731. The maximum Gasteiger partial charge on any atom is 0.229 e. The molecule has 7 nitrogen and oxygen atoms in total. The van der Waals surface area contributed by atoms with Crippen LogP contribution in [0.15, 0.2) is 48.5 Å². The molecule has 2 saturated heterocycles. The van der Waals surface area contributed by atoms with E-state index in [4.69, 9.17) is 5.73 Å². The molecule has 2 aliphatic heterocycles. The van der Waals surface area contributed by atoms with Gasteiger partial charge in [0.15, 0.2) is 0 Å². The molecule has 0 spiro atoms. The van der Waals surface area contributed by atoms with Gasteiger partial charge >= 0.3 is 0 Å². The Morgan fingerprint density at radius 3 is 2.28 bits per heavy atom. The number of likely N-dealkylation sites (tertiary alicyclic amines) is 1. The van der Waals surface area contributed by atoms with Crippen LogP contribution in [-0.4, -0.2) is 42.3 Å². The number of carbonyl (C=O) groups excluding carboxylic acids is 3. The van der Waals surface area contributed by atoms with Crippen LogP contribution in [0.3, 0.4) is 0 Å². The van der Waals surface area contributed by atoms with Crippen LogP contribution in [0.5, 0.6) is 0 Å². The van der Waals surface area contributed by atoms with E-state index >= 15 is 0 Å². The van der Waals surface area contributed by atoms with E-state index in [0.717, 1.165) is 42.9 Å². The fourth-order valence-electron chi connectivity index (χ4n) is 4.44. The van der Waals surface area contributed by atoms with Gasteiger partial charge in [0, 0.05) is 49.9 Å². The first-order valence-electron chi connectivity index (χ1n) is 11.2. The molecule has 1 unspecified atom stereocenters. The molecule has 2 aliphatic rings. The number of piperidine rings is 1. The molecule has 2 heterocycles. The normalized spacial score (nSPS) is 19.3. The fourth-order valence-corrected chi connectivity index (χ4v) is 4.44. The van der Waals surface area contributed by atoms with Gasteiger partial charge in [0.1, 0.15) is 0 Å². The van der Waals surface area contributed by atoms with Gasteiger partial charge < -0.3 is 20.9 Å². The minimum atomic E-state index is -0.347. The number of amides is 3. The van der Waals surface area contributed by atoms with Crippen molar-refractivity contribution in [1.82, 2.24) is 4.90 Å². The molecule has 2 aromatic rings. The summed E-state index contributed by atoms with van der Waals surface area (Å²) in [6, 6.07) is 15.8. The number of hydrogen-bond acceptors (Lipinski definition) is 4. The van der Waals surface area contributed by atoms with Crippen molar-refractivity contribution in [3.63, 3.8) is 0 Å².